The Morgan fingerprint density at radius 2 is 2.16 bits per heavy atom. The summed E-state index contributed by atoms with van der Waals surface area (Å²) in [4.78, 5) is 28.7. The van der Waals surface area contributed by atoms with E-state index in [1.54, 1.807) is 0 Å². The smallest absolute Gasteiger partial charge is 0.260 e. The first kappa shape index (κ1) is 13.6. The summed E-state index contributed by atoms with van der Waals surface area (Å²) in [6.07, 6.45) is 1.59. The molecule has 1 unspecified atom stereocenters. The van der Waals surface area contributed by atoms with E-state index >= 15 is 0 Å². The number of rotatable bonds is 1. The van der Waals surface area contributed by atoms with Crippen LogP contribution in [0.5, 0.6) is 0 Å². The zero-order valence-electron chi connectivity index (χ0n) is 11.3. The Kier molecular flexibility index (Phi) is 3.39. The van der Waals surface area contributed by atoms with Crippen LogP contribution < -0.4 is 0 Å². The largest absolute Gasteiger partial charge is 0.278 e. The fourth-order valence-electron chi connectivity index (χ4n) is 2.18. The molecule has 2 amide bonds. The second-order valence-electron chi connectivity index (χ2n) is 5.94. The maximum atomic E-state index is 13.0. The SMILES string of the molecule is CC(C)(C)C1CC(=O)N(C(=O)c2ccnc(F)c2)C1. The van der Waals surface area contributed by atoms with Gasteiger partial charge in [-0.15, -0.1) is 0 Å². The molecule has 0 aromatic carbocycles. The van der Waals surface area contributed by atoms with Crippen LogP contribution >= 0.6 is 0 Å². The second-order valence-corrected chi connectivity index (χ2v) is 5.94. The minimum absolute atomic E-state index is 0.0335. The van der Waals surface area contributed by atoms with Gasteiger partial charge in [0.1, 0.15) is 0 Å². The van der Waals surface area contributed by atoms with Crippen molar-refractivity contribution in [2.75, 3.05) is 6.54 Å². The quantitative estimate of drug-likeness (QED) is 0.577. The molecule has 1 aliphatic rings. The molecule has 1 aromatic rings. The van der Waals surface area contributed by atoms with E-state index in [1.165, 1.54) is 17.2 Å². The zero-order chi connectivity index (χ0) is 14.2. The molecule has 0 N–H and O–H groups in total. The molecule has 102 valence electrons. The molecular weight excluding hydrogens is 247 g/mol. The highest BCUT2D eigenvalue weighted by molar-refractivity contribution is 6.05. The highest BCUT2D eigenvalue weighted by Gasteiger charge is 2.39. The van der Waals surface area contributed by atoms with Crippen LogP contribution in [0.25, 0.3) is 0 Å². The third-order valence-electron chi connectivity index (χ3n) is 3.57. The lowest BCUT2D eigenvalue weighted by Gasteiger charge is -2.26. The Morgan fingerprint density at radius 1 is 1.47 bits per heavy atom. The third kappa shape index (κ3) is 2.80. The Morgan fingerprint density at radius 3 is 2.68 bits per heavy atom. The Balaban J connectivity index is 2.19. The number of likely N-dealkylation sites (tertiary alicyclic amines) is 1. The van der Waals surface area contributed by atoms with Gasteiger partial charge in [0.05, 0.1) is 0 Å². The summed E-state index contributed by atoms with van der Waals surface area (Å²) in [5.41, 5.74) is 0.129. The number of carbonyl (C=O) groups excluding carboxylic acids is 2. The van der Waals surface area contributed by atoms with E-state index in [9.17, 15) is 14.0 Å². The molecule has 1 atom stereocenters. The normalized spacial score (nSPS) is 19.9. The molecule has 5 heteroatoms. The first-order valence-electron chi connectivity index (χ1n) is 6.25. The minimum Gasteiger partial charge on any atom is -0.278 e. The molecule has 1 aliphatic heterocycles. The van der Waals surface area contributed by atoms with Crippen molar-refractivity contribution >= 4 is 11.8 Å². The van der Waals surface area contributed by atoms with Gasteiger partial charge in [-0.25, -0.2) is 4.98 Å². The van der Waals surface area contributed by atoms with Gasteiger partial charge >= 0.3 is 0 Å². The van der Waals surface area contributed by atoms with Crippen molar-refractivity contribution in [1.29, 1.82) is 0 Å². The number of nitrogens with zero attached hydrogens (tertiary/aromatic N) is 2. The number of hydrogen-bond donors (Lipinski definition) is 0. The van der Waals surface area contributed by atoms with Gasteiger partial charge in [-0.3, -0.25) is 14.5 Å². The first-order chi connectivity index (χ1) is 8.79. The molecular formula is C14H17FN2O2. The predicted octanol–water partition coefficient (Wildman–Crippen LogP) is 2.26. The molecule has 0 spiro atoms. The standard InChI is InChI=1S/C14H17FN2O2/c1-14(2,3)10-7-12(18)17(8-10)13(19)9-4-5-16-11(15)6-9/h4-6,10H,7-8H2,1-3H3. The molecule has 0 radical (unpaired) electrons. The molecule has 1 fully saturated rings. The van der Waals surface area contributed by atoms with Crippen LogP contribution in [-0.4, -0.2) is 28.2 Å². The Hall–Kier alpha value is -1.78. The van der Waals surface area contributed by atoms with Crippen LogP contribution in [0, 0.1) is 17.3 Å². The van der Waals surface area contributed by atoms with E-state index in [2.05, 4.69) is 4.98 Å². The van der Waals surface area contributed by atoms with Crippen LogP contribution in [0.15, 0.2) is 18.3 Å². The maximum Gasteiger partial charge on any atom is 0.260 e. The van der Waals surface area contributed by atoms with Gasteiger partial charge in [0.2, 0.25) is 11.9 Å². The zero-order valence-corrected chi connectivity index (χ0v) is 11.3. The fourth-order valence-corrected chi connectivity index (χ4v) is 2.18. The average Bonchev–Trinajstić information content (AvgIpc) is 2.70. The van der Waals surface area contributed by atoms with Gasteiger partial charge in [-0.05, 0) is 17.4 Å². The molecule has 0 aliphatic carbocycles. The summed E-state index contributed by atoms with van der Waals surface area (Å²) >= 11 is 0. The van der Waals surface area contributed by atoms with Gasteiger partial charge in [0.15, 0.2) is 0 Å². The van der Waals surface area contributed by atoms with E-state index < -0.39 is 11.9 Å². The average molecular weight is 264 g/mol. The second kappa shape index (κ2) is 4.72. The molecule has 19 heavy (non-hydrogen) atoms. The lowest BCUT2D eigenvalue weighted by Crippen LogP contribution is -2.33. The van der Waals surface area contributed by atoms with Crippen LogP contribution in [0.3, 0.4) is 0 Å². The molecule has 1 saturated heterocycles. The molecule has 4 nitrogen and oxygen atoms in total. The fraction of sp³-hybridized carbons (Fsp3) is 0.500. The number of hydrogen-bond acceptors (Lipinski definition) is 3. The predicted molar refractivity (Wildman–Crippen MR) is 67.8 cm³/mol. The van der Waals surface area contributed by atoms with Gasteiger partial charge in [-0.2, -0.15) is 4.39 Å². The molecule has 0 bridgehead atoms. The number of carbonyl (C=O) groups is 2. The van der Waals surface area contributed by atoms with Crippen molar-refractivity contribution in [2.45, 2.75) is 27.2 Å². The number of pyridine rings is 1. The lowest BCUT2D eigenvalue weighted by molar-refractivity contribution is -0.125. The van der Waals surface area contributed by atoms with Gasteiger partial charge in [0.25, 0.3) is 5.91 Å². The van der Waals surface area contributed by atoms with E-state index in [4.69, 9.17) is 0 Å². The maximum absolute atomic E-state index is 13.0. The van der Waals surface area contributed by atoms with Crippen molar-refractivity contribution in [3.63, 3.8) is 0 Å². The molecule has 0 saturated carbocycles. The highest BCUT2D eigenvalue weighted by Crippen LogP contribution is 2.34. The first-order valence-corrected chi connectivity index (χ1v) is 6.25. The molecule has 2 heterocycles. The summed E-state index contributed by atoms with van der Waals surface area (Å²) < 4.78 is 13.0. The van der Waals surface area contributed by atoms with Gasteiger partial charge in [-0.1, -0.05) is 20.8 Å². The van der Waals surface area contributed by atoms with Crippen molar-refractivity contribution in [1.82, 2.24) is 9.88 Å². The van der Waals surface area contributed by atoms with E-state index in [1.807, 2.05) is 20.8 Å². The van der Waals surface area contributed by atoms with Crippen molar-refractivity contribution in [2.24, 2.45) is 11.3 Å². The monoisotopic (exact) mass is 264 g/mol. The molecule has 2 rings (SSSR count). The number of imide groups is 1. The Labute approximate surface area is 111 Å². The number of halogens is 1. The summed E-state index contributed by atoms with van der Waals surface area (Å²) in [5, 5.41) is 0. The van der Waals surface area contributed by atoms with Crippen LogP contribution in [0.2, 0.25) is 0 Å². The minimum atomic E-state index is -0.718. The van der Waals surface area contributed by atoms with Crippen molar-refractivity contribution in [3.05, 3.63) is 29.8 Å². The Bertz CT molecular complexity index is 522. The summed E-state index contributed by atoms with van der Waals surface area (Å²) in [6.45, 7) is 6.53. The van der Waals surface area contributed by atoms with E-state index in [-0.39, 0.29) is 22.8 Å². The lowest BCUT2D eigenvalue weighted by atomic mass is 9.80. The van der Waals surface area contributed by atoms with Crippen molar-refractivity contribution < 1.29 is 14.0 Å². The van der Waals surface area contributed by atoms with Gasteiger partial charge < -0.3 is 0 Å². The number of aromatic nitrogens is 1. The number of amides is 2. The third-order valence-corrected chi connectivity index (χ3v) is 3.57. The topological polar surface area (TPSA) is 50.3 Å². The van der Waals surface area contributed by atoms with Crippen LogP contribution in [-0.2, 0) is 4.79 Å². The van der Waals surface area contributed by atoms with Crippen molar-refractivity contribution in [3.8, 4) is 0 Å². The molecule has 1 aromatic heterocycles. The van der Waals surface area contributed by atoms with Gasteiger partial charge in [0, 0.05) is 30.8 Å². The summed E-state index contributed by atoms with van der Waals surface area (Å²) in [6, 6.07) is 2.48. The summed E-state index contributed by atoms with van der Waals surface area (Å²) in [5.74, 6) is -1.22. The van der Waals surface area contributed by atoms with E-state index in [0.29, 0.717) is 13.0 Å². The highest BCUT2D eigenvalue weighted by atomic mass is 19.1. The van der Waals surface area contributed by atoms with Crippen LogP contribution in [0.4, 0.5) is 4.39 Å². The summed E-state index contributed by atoms with van der Waals surface area (Å²) in [7, 11) is 0. The van der Waals surface area contributed by atoms with E-state index in [0.717, 1.165) is 6.07 Å². The van der Waals surface area contributed by atoms with Crippen LogP contribution in [0.1, 0.15) is 37.6 Å².